The maximum atomic E-state index is 13.1. The van der Waals surface area contributed by atoms with E-state index < -0.39 is 10.0 Å². The number of nitrogens with zero attached hydrogens (tertiary/aromatic N) is 1. The van der Waals surface area contributed by atoms with Crippen LogP contribution >= 0.6 is 0 Å². The number of carbonyl (C=O) groups is 1. The number of benzene rings is 2. The van der Waals surface area contributed by atoms with Gasteiger partial charge in [-0.25, -0.2) is 8.42 Å². The van der Waals surface area contributed by atoms with Crippen LogP contribution in [0.2, 0.25) is 0 Å². The van der Waals surface area contributed by atoms with Gasteiger partial charge in [0.1, 0.15) is 11.5 Å². The third-order valence-corrected chi connectivity index (χ3v) is 8.05. The minimum absolute atomic E-state index is 0.00395. The van der Waals surface area contributed by atoms with Crippen LogP contribution in [0.4, 0.5) is 0 Å². The average Bonchev–Trinajstić information content (AvgIpc) is 2.83. The molecule has 32 heavy (non-hydrogen) atoms. The summed E-state index contributed by atoms with van der Waals surface area (Å²) < 4.78 is 38.0. The van der Waals surface area contributed by atoms with Crippen molar-refractivity contribution < 1.29 is 22.7 Å². The molecule has 7 nitrogen and oxygen atoms in total. The van der Waals surface area contributed by atoms with Gasteiger partial charge in [-0.15, -0.1) is 0 Å². The van der Waals surface area contributed by atoms with Crippen LogP contribution in [-0.4, -0.2) is 45.9 Å². The Kier molecular flexibility index (Phi) is 8.15. The summed E-state index contributed by atoms with van der Waals surface area (Å²) in [6.07, 6.45) is 1.90. The number of methoxy groups -OCH3 is 2. The van der Waals surface area contributed by atoms with E-state index in [0.717, 1.165) is 17.7 Å². The summed E-state index contributed by atoms with van der Waals surface area (Å²) >= 11 is 0. The molecule has 1 fully saturated rings. The fraction of sp³-hybridized carbons (Fsp3) is 0.458. The topological polar surface area (TPSA) is 84.9 Å². The Morgan fingerprint density at radius 3 is 2.16 bits per heavy atom. The lowest BCUT2D eigenvalue weighted by atomic mass is 9.82. The van der Waals surface area contributed by atoms with Crippen molar-refractivity contribution >= 4 is 15.9 Å². The SMILES string of the molecule is CCC1CN(S(=O)(=O)c2ccc(OC)cc2)CCC1CC(=O)NCc1ccc(OC)cc1. The van der Waals surface area contributed by atoms with Gasteiger partial charge in [-0.2, -0.15) is 4.31 Å². The lowest BCUT2D eigenvalue weighted by Gasteiger charge is -2.37. The van der Waals surface area contributed by atoms with Gasteiger partial charge < -0.3 is 14.8 Å². The van der Waals surface area contributed by atoms with Crippen molar-refractivity contribution in [2.45, 2.75) is 37.6 Å². The first-order chi connectivity index (χ1) is 15.4. The summed E-state index contributed by atoms with van der Waals surface area (Å²) in [7, 11) is -0.399. The van der Waals surface area contributed by atoms with Crippen LogP contribution in [0.3, 0.4) is 0 Å². The monoisotopic (exact) mass is 460 g/mol. The molecule has 2 atom stereocenters. The van der Waals surface area contributed by atoms with E-state index in [4.69, 9.17) is 9.47 Å². The minimum atomic E-state index is -3.57. The second kappa shape index (κ2) is 10.8. The van der Waals surface area contributed by atoms with Crippen LogP contribution in [0, 0.1) is 11.8 Å². The number of carbonyl (C=O) groups excluding carboxylic acids is 1. The Labute approximate surface area is 190 Å². The molecule has 0 aromatic heterocycles. The number of hydrogen-bond acceptors (Lipinski definition) is 5. The first-order valence-corrected chi connectivity index (χ1v) is 12.3. The Bertz CT molecular complexity index is 990. The molecule has 2 unspecified atom stereocenters. The molecule has 174 valence electrons. The maximum absolute atomic E-state index is 13.1. The van der Waals surface area contributed by atoms with Crippen molar-refractivity contribution in [2.24, 2.45) is 11.8 Å². The molecule has 2 aromatic rings. The summed E-state index contributed by atoms with van der Waals surface area (Å²) in [4.78, 5) is 12.8. The molecule has 1 saturated heterocycles. The van der Waals surface area contributed by atoms with E-state index in [-0.39, 0.29) is 22.6 Å². The fourth-order valence-corrected chi connectivity index (χ4v) is 5.66. The number of sulfonamides is 1. The van der Waals surface area contributed by atoms with Crippen molar-refractivity contribution in [1.29, 1.82) is 0 Å². The van der Waals surface area contributed by atoms with Crippen molar-refractivity contribution in [1.82, 2.24) is 9.62 Å². The number of nitrogens with one attached hydrogen (secondary N) is 1. The van der Waals surface area contributed by atoms with Gasteiger partial charge in [-0.1, -0.05) is 25.5 Å². The predicted octanol–water partition coefficient (Wildman–Crippen LogP) is 3.45. The second-order valence-electron chi connectivity index (χ2n) is 8.08. The largest absolute Gasteiger partial charge is 0.497 e. The molecule has 0 aliphatic carbocycles. The van der Waals surface area contributed by atoms with Crippen LogP contribution in [-0.2, 0) is 21.4 Å². The van der Waals surface area contributed by atoms with Crippen molar-refractivity contribution in [3.8, 4) is 11.5 Å². The number of rotatable bonds is 9. The van der Waals surface area contributed by atoms with Crippen molar-refractivity contribution in [3.63, 3.8) is 0 Å². The molecule has 2 aromatic carbocycles. The highest BCUT2D eigenvalue weighted by molar-refractivity contribution is 7.89. The second-order valence-corrected chi connectivity index (χ2v) is 10.0. The molecule has 0 spiro atoms. The van der Waals surface area contributed by atoms with Crippen molar-refractivity contribution in [3.05, 3.63) is 54.1 Å². The molecule has 1 heterocycles. The smallest absolute Gasteiger partial charge is 0.243 e. The van der Waals surface area contributed by atoms with E-state index in [9.17, 15) is 13.2 Å². The highest BCUT2D eigenvalue weighted by atomic mass is 32.2. The number of piperidine rings is 1. The normalized spacial score (nSPS) is 19.3. The van der Waals surface area contributed by atoms with Crippen LogP contribution in [0.1, 0.15) is 31.7 Å². The predicted molar refractivity (Wildman–Crippen MR) is 123 cm³/mol. The number of hydrogen-bond donors (Lipinski definition) is 1. The van der Waals surface area contributed by atoms with E-state index in [1.54, 1.807) is 42.8 Å². The summed E-state index contributed by atoms with van der Waals surface area (Å²) in [6, 6.07) is 14.1. The first-order valence-electron chi connectivity index (χ1n) is 10.9. The fourth-order valence-electron chi connectivity index (χ4n) is 4.15. The van der Waals surface area contributed by atoms with Crippen LogP contribution < -0.4 is 14.8 Å². The molecule has 0 saturated carbocycles. The van der Waals surface area contributed by atoms with E-state index in [1.807, 2.05) is 24.3 Å². The van der Waals surface area contributed by atoms with E-state index in [1.165, 1.54) is 0 Å². The molecule has 8 heteroatoms. The molecule has 1 aliphatic rings. The highest BCUT2D eigenvalue weighted by Gasteiger charge is 2.35. The van der Waals surface area contributed by atoms with Gasteiger partial charge in [0.05, 0.1) is 19.1 Å². The van der Waals surface area contributed by atoms with Crippen LogP contribution in [0.15, 0.2) is 53.4 Å². The molecular weight excluding hydrogens is 428 g/mol. The van der Waals surface area contributed by atoms with Gasteiger partial charge in [0.25, 0.3) is 0 Å². The Hall–Kier alpha value is -2.58. The highest BCUT2D eigenvalue weighted by Crippen LogP contribution is 2.32. The third kappa shape index (κ3) is 5.81. The molecule has 1 aliphatic heterocycles. The van der Waals surface area contributed by atoms with Gasteiger partial charge in [-0.3, -0.25) is 4.79 Å². The Morgan fingerprint density at radius 2 is 1.59 bits per heavy atom. The summed E-state index contributed by atoms with van der Waals surface area (Å²) in [5.74, 6) is 1.70. The lowest BCUT2D eigenvalue weighted by molar-refractivity contribution is -0.122. The standard InChI is InChI=1S/C24H32N2O5S/c1-4-19-17-26(32(28,29)23-11-9-22(31-3)10-12-23)14-13-20(19)15-24(27)25-16-18-5-7-21(30-2)8-6-18/h5-12,19-20H,4,13-17H2,1-3H3,(H,25,27). The third-order valence-electron chi connectivity index (χ3n) is 6.17. The molecular formula is C24H32N2O5S. The first kappa shape index (κ1) is 24.1. The number of ether oxygens (including phenoxy) is 2. The number of amides is 1. The summed E-state index contributed by atoms with van der Waals surface area (Å²) in [6.45, 7) is 3.36. The average molecular weight is 461 g/mol. The Balaban J connectivity index is 1.56. The molecule has 0 bridgehead atoms. The summed E-state index contributed by atoms with van der Waals surface area (Å²) in [5, 5.41) is 2.98. The van der Waals surface area contributed by atoms with Crippen LogP contribution in [0.25, 0.3) is 0 Å². The van der Waals surface area contributed by atoms with Gasteiger partial charge >= 0.3 is 0 Å². The summed E-state index contributed by atoms with van der Waals surface area (Å²) in [5.41, 5.74) is 1.01. The molecule has 3 rings (SSSR count). The van der Waals surface area contributed by atoms with E-state index in [2.05, 4.69) is 12.2 Å². The minimum Gasteiger partial charge on any atom is -0.497 e. The zero-order valence-corrected chi connectivity index (χ0v) is 19.7. The molecule has 1 amide bonds. The molecule has 1 N–H and O–H groups in total. The lowest BCUT2D eigenvalue weighted by Crippen LogP contribution is -2.44. The van der Waals surface area contributed by atoms with Gasteiger partial charge in [0, 0.05) is 26.1 Å². The van der Waals surface area contributed by atoms with E-state index >= 15 is 0 Å². The van der Waals surface area contributed by atoms with Crippen molar-refractivity contribution in [2.75, 3.05) is 27.3 Å². The molecule has 0 radical (unpaired) electrons. The van der Waals surface area contributed by atoms with Gasteiger partial charge in [-0.05, 0) is 60.2 Å². The Morgan fingerprint density at radius 1 is 1.00 bits per heavy atom. The van der Waals surface area contributed by atoms with Gasteiger partial charge in [0.2, 0.25) is 15.9 Å². The zero-order chi connectivity index (χ0) is 23.1. The van der Waals surface area contributed by atoms with E-state index in [0.29, 0.717) is 38.2 Å². The van der Waals surface area contributed by atoms with Crippen LogP contribution in [0.5, 0.6) is 11.5 Å². The maximum Gasteiger partial charge on any atom is 0.243 e. The van der Waals surface area contributed by atoms with Gasteiger partial charge in [0.15, 0.2) is 0 Å². The quantitative estimate of drug-likeness (QED) is 0.620. The zero-order valence-electron chi connectivity index (χ0n) is 18.9.